The van der Waals surface area contributed by atoms with Crippen LogP contribution in [0.2, 0.25) is 0 Å². The second-order valence-corrected chi connectivity index (χ2v) is 3.26. The van der Waals surface area contributed by atoms with Gasteiger partial charge in [-0.25, -0.2) is 0 Å². The van der Waals surface area contributed by atoms with Crippen LogP contribution in [0.25, 0.3) is 5.69 Å². The molecule has 2 aromatic rings. The molecule has 0 bridgehead atoms. The number of hydrogen-bond donors (Lipinski definition) is 1. The Labute approximate surface area is 82.7 Å². The molecule has 13 heavy (non-hydrogen) atoms. The first-order chi connectivity index (χ1) is 6.29. The molecule has 0 aliphatic heterocycles. The van der Waals surface area contributed by atoms with Gasteiger partial charge in [-0.3, -0.25) is 0 Å². The van der Waals surface area contributed by atoms with Gasteiger partial charge in [-0.1, -0.05) is 6.07 Å². The van der Waals surface area contributed by atoms with E-state index in [0.29, 0.717) is 11.4 Å². The van der Waals surface area contributed by atoms with E-state index in [2.05, 4.69) is 31.3 Å². The van der Waals surface area contributed by atoms with E-state index in [1.54, 1.807) is 6.07 Å². The Kier molecular flexibility index (Phi) is 1.97. The zero-order valence-electron chi connectivity index (χ0n) is 6.55. The smallest absolute Gasteiger partial charge is 0.162 e. The Bertz CT molecular complexity index is 391. The van der Waals surface area contributed by atoms with Crippen molar-refractivity contribution in [3.63, 3.8) is 0 Å². The van der Waals surface area contributed by atoms with E-state index in [-0.39, 0.29) is 0 Å². The summed E-state index contributed by atoms with van der Waals surface area (Å²) in [4.78, 5) is 1.37. The molecule has 1 heterocycles. The number of halogens is 1. The minimum Gasteiger partial charge on any atom is -0.397 e. The third-order valence-corrected chi connectivity index (χ3v) is 2.21. The molecule has 0 fully saturated rings. The van der Waals surface area contributed by atoms with Gasteiger partial charge in [0, 0.05) is 4.47 Å². The summed E-state index contributed by atoms with van der Waals surface area (Å²) in [5, 5.41) is 11.3. The molecule has 2 N–H and O–H groups in total. The average Bonchev–Trinajstić information content (AvgIpc) is 2.57. The van der Waals surface area contributed by atoms with Gasteiger partial charge in [-0.15, -0.1) is 15.0 Å². The number of nitrogens with zero attached hydrogens (tertiary/aromatic N) is 4. The van der Waals surface area contributed by atoms with Crippen LogP contribution in [0.4, 0.5) is 5.69 Å². The van der Waals surface area contributed by atoms with Gasteiger partial charge < -0.3 is 5.73 Å². The summed E-state index contributed by atoms with van der Waals surface area (Å²) in [6.07, 6.45) is 1.36. The normalized spacial score (nSPS) is 10.2. The molecule has 0 atom stereocenters. The third-order valence-electron chi connectivity index (χ3n) is 1.57. The van der Waals surface area contributed by atoms with E-state index in [1.165, 1.54) is 11.1 Å². The van der Waals surface area contributed by atoms with E-state index in [9.17, 15) is 0 Å². The summed E-state index contributed by atoms with van der Waals surface area (Å²) in [5.74, 6) is 0. The number of para-hydroxylation sites is 1. The maximum atomic E-state index is 5.75. The summed E-state index contributed by atoms with van der Waals surface area (Å²) in [7, 11) is 0. The van der Waals surface area contributed by atoms with Crippen molar-refractivity contribution in [1.29, 1.82) is 0 Å². The van der Waals surface area contributed by atoms with Gasteiger partial charge >= 0.3 is 0 Å². The van der Waals surface area contributed by atoms with Gasteiger partial charge in [-0.2, -0.15) is 0 Å². The minimum absolute atomic E-state index is 0.604. The second kappa shape index (κ2) is 3.14. The van der Waals surface area contributed by atoms with Crippen LogP contribution in [0, 0.1) is 0 Å². The molecule has 0 aliphatic rings. The standard InChI is InChI=1S/C7H6BrN5/c8-5-2-1-3-6(9)7(5)13-11-4-10-12-13/h1-4H,9H2. The van der Waals surface area contributed by atoms with Crippen LogP contribution in [0.3, 0.4) is 0 Å². The quantitative estimate of drug-likeness (QED) is 0.755. The first-order valence-electron chi connectivity index (χ1n) is 3.56. The lowest BCUT2D eigenvalue weighted by molar-refractivity contribution is 0.719. The maximum absolute atomic E-state index is 5.75. The molecule has 0 spiro atoms. The van der Waals surface area contributed by atoms with E-state index < -0.39 is 0 Å². The van der Waals surface area contributed by atoms with E-state index in [4.69, 9.17) is 5.73 Å². The fraction of sp³-hybridized carbons (Fsp3) is 0. The molecular formula is C7H6BrN5. The lowest BCUT2D eigenvalue weighted by Crippen LogP contribution is -2.04. The molecule has 1 aromatic carbocycles. The molecule has 0 saturated heterocycles. The molecule has 5 nitrogen and oxygen atoms in total. The van der Waals surface area contributed by atoms with Gasteiger partial charge in [-0.05, 0) is 33.3 Å². The summed E-state index contributed by atoms with van der Waals surface area (Å²) < 4.78 is 0.838. The SMILES string of the molecule is Nc1cccc(Br)c1-n1ncnn1. The zero-order valence-corrected chi connectivity index (χ0v) is 8.14. The first kappa shape index (κ1) is 8.18. The van der Waals surface area contributed by atoms with Crippen LogP contribution in [0.15, 0.2) is 29.0 Å². The molecule has 6 heteroatoms. The summed E-state index contributed by atoms with van der Waals surface area (Å²) >= 11 is 3.36. The lowest BCUT2D eigenvalue weighted by atomic mass is 10.3. The topological polar surface area (TPSA) is 69.6 Å². The van der Waals surface area contributed by atoms with Crippen molar-refractivity contribution >= 4 is 21.6 Å². The maximum Gasteiger partial charge on any atom is 0.162 e. The highest BCUT2D eigenvalue weighted by Gasteiger charge is 2.07. The fourth-order valence-corrected chi connectivity index (χ4v) is 1.55. The monoisotopic (exact) mass is 239 g/mol. The molecule has 0 saturated carbocycles. The van der Waals surface area contributed by atoms with Gasteiger partial charge in [0.2, 0.25) is 0 Å². The Morgan fingerprint density at radius 2 is 2.23 bits per heavy atom. The highest BCUT2D eigenvalue weighted by Crippen LogP contribution is 2.24. The highest BCUT2D eigenvalue weighted by atomic mass is 79.9. The number of nitrogen functional groups attached to an aromatic ring is 1. The van der Waals surface area contributed by atoms with Crippen molar-refractivity contribution in [2.75, 3.05) is 5.73 Å². The Morgan fingerprint density at radius 1 is 1.38 bits per heavy atom. The predicted octanol–water partition coefficient (Wildman–Crippen LogP) is 1.01. The summed E-state index contributed by atoms with van der Waals surface area (Å²) in [6, 6.07) is 5.50. The second-order valence-electron chi connectivity index (χ2n) is 2.40. The van der Waals surface area contributed by atoms with Crippen LogP contribution in [0.1, 0.15) is 0 Å². The Morgan fingerprint density at radius 3 is 2.85 bits per heavy atom. The minimum atomic E-state index is 0.604. The number of rotatable bonds is 1. The van der Waals surface area contributed by atoms with Crippen LogP contribution in [-0.2, 0) is 0 Å². The van der Waals surface area contributed by atoms with E-state index >= 15 is 0 Å². The predicted molar refractivity (Wildman–Crippen MR) is 51.3 cm³/mol. The van der Waals surface area contributed by atoms with Crippen LogP contribution >= 0.6 is 15.9 Å². The van der Waals surface area contributed by atoms with E-state index in [1.807, 2.05) is 12.1 Å². The molecule has 0 radical (unpaired) electrons. The van der Waals surface area contributed by atoms with Crippen molar-refractivity contribution in [1.82, 2.24) is 20.2 Å². The van der Waals surface area contributed by atoms with E-state index in [0.717, 1.165) is 4.47 Å². The molecule has 0 aliphatic carbocycles. The third kappa shape index (κ3) is 1.40. The average molecular weight is 240 g/mol. The highest BCUT2D eigenvalue weighted by molar-refractivity contribution is 9.10. The summed E-state index contributed by atoms with van der Waals surface area (Å²) in [6.45, 7) is 0. The number of benzene rings is 1. The van der Waals surface area contributed by atoms with Gasteiger partial charge in [0.05, 0.1) is 5.69 Å². The van der Waals surface area contributed by atoms with Crippen LogP contribution in [-0.4, -0.2) is 20.2 Å². The van der Waals surface area contributed by atoms with Gasteiger partial charge in [0.1, 0.15) is 5.69 Å². The number of anilines is 1. The first-order valence-corrected chi connectivity index (χ1v) is 4.35. The van der Waals surface area contributed by atoms with Crippen molar-refractivity contribution in [3.8, 4) is 5.69 Å². The van der Waals surface area contributed by atoms with Gasteiger partial charge in [0.25, 0.3) is 0 Å². The number of hydrogen-bond acceptors (Lipinski definition) is 4. The Balaban J connectivity index is 2.64. The lowest BCUT2D eigenvalue weighted by Gasteiger charge is -2.04. The molecular weight excluding hydrogens is 234 g/mol. The molecule has 1 aromatic heterocycles. The van der Waals surface area contributed by atoms with Crippen LogP contribution < -0.4 is 5.73 Å². The summed E-state index contributed by atoms with van der Waals surface area (Å²) in [5.41, 5.74) is 7.07. The number of tetrazole rings is 1. The van der Waals surface area contributed by atoms with Crippen molar-refractivity contribution in [3.05, 3.63) is 29.0 Å². The Hall–Kier alpha value is -1.43. The molecule has 66 valence electrons. The van der Waals surface area contributed by atoms with Crippen LogP contribution in [0.5, 0.6) is 0 Å². The van der Waals surface area contributed by atoms with Crippen molar-refractivity contribution in [2.24, 2.45) is 0 Å². The zero-order chi connectivity index (χ0) is 9.26. The molecule has 0 unspecified atom stereocenters. The number of nitrogens with two attached hydrogens (primary N) is 1. The van der Waals surface area contributed by atoms with Gasteiger partial charge in [0.15, 0.2) is 6.33 Å². The van der Waals surface area contributed by atoms with Crippen molar-refractivity contribution in [2.45, 2.75) is 0 Å². The number of aromatic nitrogens is 4. The fourth-order valence-electron chi connectivity index (χ4n) is 1.01. The van der Waals surface area contributed by atoms with Crippen molar-refractivity contribution < 1.29 is 0 Å². The molecule has 2 rings (SSSR count). The molecule has 0 amide bonds. The largest absolute Gasteiger partial charge is 0.397 e.